The number of carbonyl (C=O) groups is 1. The Kier molecular flexibility index (Phi) is 3.42. The van der Waals surface area contributed by atoms with Crippen molar-refractivity contribution in [3.63, 3.8) is 0 Å². The summed E-state index contributed by atoms with van der Waals surface area (Å²) in [6, 6.07) is 0. The lowest BCUT2D eigenvalue weighted by Crippen LogP contribution is -2.48. The van der Waals surface area contributed by atoms with Crippen LogP contribution in [0.5, 0.6) is 0 Å². The van der Waals surface area contributed by atoms with E-state index in [1.54, 1.807) is 13.8 Å². The van der Waals surface area contributed by atoms with E-state index in [0.29, 0.717) is 13.0 Å². The number of ether oxygens (including phenoxy) is 1. The van der Waals surface area contributed by atoms with Crippen molar-refractivity contribution in [1.29, 1.82) is 0 Å². The fourth-order valence-electron chi connectivity index (χ4n) is 1.74. The zero-order valence-electron chi connectivity index (χ0n) is 8.31. The lowest BCUT2D eigenvalue weighted by Gasteiger charge is -2.34. The van der Waals surface area contributed by atoms with E-state index in [2.05, 4.69) is 0 Å². The smallest absolute Gasteiger partial charge is 0.169 e. The Balaban J connectivity index is 2.72. The molecule has 0 aromatic heterocycles. The molecule has 0 spiro atoms. The quantitative estimate of drug-likeness (QED) is 0.678. The molecule has 0 radical (unpaired) electrons. The van der Waals surface area contributed by atoms with Gasteiger partial charge in [0, 0.05) is 12.5 Å². The Morgan fingerprint density at radius 2 is 2.23 bits per heavy atom. The Morgan fingerprint density at radius 3 is 2.62 bits per heavy atom. The molecule has 1 unspecified atom stereocenters. The normalized spacial score (nSPS) is 29.2. The second-order valence-corrected chi connectivity index (χ2v) is 3.95. The van der Waals surface area contributed by atoms with Crippen molar-refractivity contribution >= 4 is 5.78 Å². The maximum Gasteiger partial charge on any atom is 0.169 e. The average Bonchev–Trinajstić information content (AvgIpc) is 2.17. The van der Waals surface area contributed by atoms with Gasteiger partial charge in [-0.3, -0.25) is 4.79 Å². The number of Topliss-reactive ketones (excluding diaryl/α,β-unsaturated/α-hetero) is 1. The van der Waals surface area contributed by atoms with Crippen LogP contribution in [0, 0.1) is 5.92 Å². The molecule has 0 aromatic carbocycles. The van der Waals surface area contributed by atoms with E-state index in [1.807, 2.05) is 0 Å². The van der Waals surface area contributed by atoms with E-state index in [0.717, 1.165) is 12.8 Å². The van der Waals surface area contributed by atoms with E-state index >= 15 is 0 Å². The Bertz CT molecular complexity index is 183. The predicted octanol–water partition coefficient (Wildman–Crippen LogP) is 2.12. The zero-order valence-corrected chi connectivity index (χ0v) is 8.31. The molecular formula is C10H17FO2. The summed E-state index contributed by atoms with van der Waals surface area (Å²) >= 11 is 0. The molecule has 0 aromatic rings. The van der Waals surface area contributed by atoms with Crippen molar-refractivity contribution in [1.82, 2.24) is 0 Å². The number of carbonyl (C=O) groups excluding carboxylic acids is 1. The summed E-state index contributed by atoms with van der Waals surface area (Å²) in [6.07, 6.45) is 2.37. The molecular weight excluding hydrogens is 171 g/mol. The summed E-state index contributed by atoms with van der Waals surface area (Å²) in [4.78, 5) is 11.7. The first-order valence-corrected chi connectivity index (χ1v) is 4.86. The highest BCUT2D eigenvalue weighted by molar-refractivity contribution is 5.89. The summed E-state index contributed by atoms with van der Waals surface area (Å²) in [5.41, 5.74) is -1.10. The third-order valence-corrected chi connectivity index (χ3v) is 2.54. The van der Waals surface area contributed by atoms with Gasteiger partial charge in [-0.05, 0) is 19.3 Å². The molecule has 76 valence electrons. The molecule has 0 amide bonds. The topological polar surface area (TPSA) is 26.3 Å². The zero-order chi connectivity index (χ0) is 9.90. The first-order valence-electron chi connectivity index (χ1n) is 4.86. The monoisotopic (exact) mass is 188 g/mol. The van der Waals surface area contributed by atoms with Gasteiger partial charge >= 0.3 is 0 Å². The lowest BCUT2D eigenvalue weighted by molar-refractivity contribution is -0.157. The molecule has 2 nitrogen and oxygen atoms in total. The minimum Gasteiger partial charge on any atom is -0.364 e. The fourth-order valence-corrected chi connectivity index (χ4v) is 1.74. The number of ketones is 1. The van der Waals surface area contributed by atoms with Gasteiger partial charge in [-0.1, -0.05) is 13.8 Å². The lowest BCUT2D eigenvalue weighted by atomic mass is 9.85. The van der Waals surface area contributed by atoms with Gasteiger partial charge in [0.1, 0.15) is 6.67 Å². The van der Waals surface area contributed by atoms with Gasteiger partial charge < -0.3 is 4.74 Å². The van der Waals surface area contributed by atoms with Crippen molar-refractivity contribution in [3.05, 3.63) is 0 Å². The number of alkyl halides is 1. The van der Waals surface area contributed by atoms with Crippen LogP contribution < -0.4 is 0 Å². The first-order chi connectivity index (χ1) is 6.12. The molecule has 1 saturated heterocycles. The van der Waals surface area contributed by atoms with Gasteiger partial charge in [-0.2, -0.15) is 0 Å². The van der Waals surface area contributed by atoms with E-state index in [-0.39, 0.29) is 11.7 Å². The third kappa shape index (κ3) is 2.08. The van der Waals surface area contributed by atoms with Crippen LogP contribution in [0.3, 0.4) is 0 Å². The largest absolute Gasteiger partial charge is 0.364 e. The van der Waals surface area contributed by atoms with Gasteiger partial charge in [0.05, 0.1) is 0 Å². The van der Waals surface area contributed by atoms with Gasteiger partial charge in [0.15, 0.2) is 11.4 Å². The number of rotatable bonds is 3. The second-order valence-electron chi connectivity index (χ2n) is 3.95. The molecule has 0 saturated carbocycles. The standard InChI is InChI=1S/C10H17FO2/c1-8(2)9(12)10(7-11)5-3-4-6-13-10/h8H,3-7H2,1-2H3. The number of hydrogen-bond donors (Lipinski definition) is 0. The van der Waals surface area contributed by atoms with Crippen molar-refractivity contribution in [2.45, 2.75) is 38.7 Å². The molecule has 0 N–H and O–H groups in total. The van der Waals surface area contributed by atoms with Crippen molar-refractivity contribution in [2.75, 3.05) is 13.3 Å². The first kappa shape index (κ1) is 10.6. The van der Waals surface area contributed by atoms with Crippen LogP contribution >= 0.6 is 0 Å². The summed E-state index contributed by atoms with van der Waals surface area (Å²) in [7, 11) is 0. The highest BCUT2D eigenvalue weighted by atomic mass is 19.1. The highest BCUT2D eigenvalue weighted by Gasteiger charge is 2.41. The molecule has 1 aliphatic rings. The van der Waals surface area contributed by atoms with Crippen LogP contribution in [0.4, 0.5) is 4.39 Å². The summed E-state index contributed by atoms with van der Waals surface area (Å²) in [5.74, 6) is -0.233. The maximum atomic E-state index is 12.8. The SMILES string of the molecule is CC(C)C(=O)C1(CF)CCCCO1. The molecule has 1 fully saturated rings. The van der Waals surface area contributed by atoms with Gasteiger partial charge in [-0.15, -0.1) is 0 Å². The van der Waals surface area contributed by atoms with Crippen molar-refractivity contribution in [2.24, 2.45) is 5.92 Å². The molecule has 1 atom stereocenters. The van der Waals surface area contributed by atoms with E-state index < -0.39 is 12.3 Å². The fraction of sp³-hybridized carbons (Fsp3) is 0.900. The van der Waals surface area contributed by atoms with Crippen LogP contribution in [-0.2, 0) is 9.53 Å². The molecule has 1 aliphatic heterocycles. The second kappa shape index (κ2) is 4.18. The predicted molar refractivity (Wildman–Crippen MR) is 48.4 cm³/mol. The minimum absolute atomic E-state index is 0.0882. The van der Waals surface area contributed by atoms with Crippen LogP contribution in [0.15, 0.2) is 0 Å². The molecule has 1 rings (SSSR count). The molecule has 0 bridgehead atoms. The van der Waals surface area contributed by atoms with E-state index in [9.17, 15) is 9.18 Å². The molecule has 1 heterocycles. The summed E-state index contributed by atoms with van der Waals surface area (Å²) in [6.45, 7) is 3.42. The van der Waals surface area contributed by atoms with Crippen molar-refractivity contribution < 1.29 is 13.9 Å². The van der Waals surface area contributed by atoms with Gasteiger partial charge in [0.25, 0.3) is 0 Å². The Labute approximate surface area is 78.5 Å². The highest BCUT2D eigenvalue weighted by Crippen LogP contribution is 2.28. The van der Waals surface area contributed by atoms with Crippen LogP contribution in [-0.4, -0.2) is 24.7 Å². The Morgan fingerprint density at radius 1 is 1.54 bits per heavy atom. The van der Waals surface area contributed by atoms with Gasteiger partial charge in [0.2, 0.25) is 0 Å². The van der Waals surface area contributed by atoms with Crippen LogP contribution in [0.2, 0.25) is 0 Å². The maximum absolute atomic E-state index is 12.8. The number of halogens is 1. The van der Waals surface area contributed by atoms with E-state index in [1.165, 1.54) is 0 Å². The average molecular weight is 188 g/mol. The van der Waals surface area contributed by atoms with Crippen molar-refractivity contribution in [3.8, 4) is 0 Å². The van der Waals surface area contributed by atoms with Crippen LogP contribution in [0.25, 0.3) is 0 Å². The summed E-state index contributed by atoms with van der Waals surface area (Å²) in [5, 5.41) is 0. The molecule has 0 aliphatic carbocycles. The van der Waals surface area contributed by atoms with E-state index in [4.69, 9.17) is 4.74 Å². The molecule has 13 heavy (non-hydrogen) atoms. The number of hydrogen-bond acceptors (Lipinski definition) is 2. The van der Waals surface area contributed by atoms with Gasteiger partial charge in [-0.25, -0.2) is 4.39 Å². The molecule has 3 heteroatoms. The van der Waals surface area contributed by atoms with Crippen LogP contribution in [0.1, 0.15) is 33.1 Å². The third-order valence-electron chi connectivity index (χ3n) is 2.54. The Hall–Kier alpha value is -0.440. The minimum atomic E-state index is -1.10. The summed E-state index contributed by atoms with van der Waals surface area (Å²) < 4.78 is 18.1.